The molecule has 0 amide bonds. The Kier molecular flexibility index (Phi) is 13.0. The molecule has 1 atom stereocenters. The van der Waals surface area contributed by atoms with Crippen LogP contribution in [0.25, 0.3) is 0 Å². The zero-order valence-electron chi connectivity index (χ0n) is 15.8. The molecule has 144 valence electrons. The Morgan fingerprint density at radius 2 is 1.72 bits per heavy atom. The lowest BCUT2D eigenvalue weighted by atomic mass is 10.1. The van der Waals surface area contributed by atoms with Gasteiger partial charge in [-0.3, -0.25) is 0 Å². The molecule has 0 spiro atoms. The molecule has 5 nitrogen and oxygen atoms in total. The molecule has 0 aliphatic heterocycles. The van der Waals surface area contributed by atoms with Gasteiger partial charge < -0.3 is 24.6 Å². The maximum Gasteiger partial charge on any atom is 0.161 e. The normalized spacial score (nSPS) is 12.1. The van der Waals surface area contributed by atoms with E-state index in [1.165, 1.54) is 32.1 Å². The van der Waals surface area contributed by atoms with Crippen molar-refractivity contribution in [3.05, 3.63) is 24.3 Å². The van der Waals surface area contributed by atoms with Crippen LogP contribution in [0, 0.1) is 0 Å². The molecule has 0 aliphatic carbocycles. The number of ether oxygens (including phenoxy) is 3. The number of methoxy groups -OCH3 is 1. The summed E-state index contributed by atoms with van der Waals surface area (Å²) in [5.74, 6) is 1.46. The van der Waals surface area contributed by atoms with E-state index in [0.29, 0.717) is 26.3 Å². The monoisotopic (exact) mass is 353 g/mol. The SMILES string of the molecule is CCCCCCCCOC[C@H](O)CNCCOc1ccccc1OC. The van der Waals surface area contributed by atoms with E-state index in [1.807, 2.05) is 24.3 Å². The highest BCUT2D eigenvalue weighted by Gasteiger charge is 2.05. The predicted octanol–water partition coefficient (Wildman–Crippen LogP) is 3.40. The molecule has 0 saturated heterocycles. The maximum absolute atomic E-state index is 9.87. The minimum absolute atomic E-state index is 0.384. The van der Waals surface area contributed by atoms with Gasteiger partial charge in [0.15, 0.2) is 11.5 Å². The van der Waals surface area contributed by atoms with Gasteiger partial charge in [-0.25, -0.2) is 0 Å². The summed E-state index contributed by atoms with van der Waals surface area (Å²) in [4.78, 5) is 0. The minimum Gasteiger partial charge on any atom is -0.493 e. The van der Waals surface area contributed by atoms with Crippen LogP contribution in [0.1, 0.15) is 45.4 Å². The number of aliphatic hydroxyl groups is 1. The molecule has 0 radical (unpaired) electrons. The standard InChI is InChI=1S/C20H35NO4/c1-3-4-5-6-7-10-14-24-17-18(22)16-21-13-15-25-20-12-9-8-11-19(20)23-2/h8-9,11-12,18,21-22H,3-7,10,13-17H2,1-2H3/t18-/m1/s1. The first-order chi connectivity index (χ1) is 12.3. The van der Waals surface area contributed by atoms with E-state index in [2.05, 4.69) is 12.2 Å². The van der Waals surface area contributed by atoms with Gasteiger partial charge in [0.1, 0.15) is 6.61 Å². The smallest absolute Gasteiger partial charge is 0.161 e. The molecular formula is C20H35NO4. The van der Waals surface area contributed by atoms with Crippen molar-refractivity contribution in [1.29, 1.82) is 0 Å². The number of benzene rings is 1. The molecule has 1 aromatic rings. The molecule has 0 aliphatic rings. The van der Waals surface area contributed by atoms with Crippen molar-refractivity contribution in [2.24, 2.45) is 0 Å². The molecule has 0 saturated carbocycles. The van der Waals surface area contributed by atoms with Gasteiger partial charge in [0.05, 0.1) is 19.8 Å². The van der Waals surface area contributed by atoms with Crippen molar-refractivity contribution in [3.8, 4) is 11.5 Å². The van der Waals surface area contributed by atoms with Gasteiger partial charge in [0, 0.05) is 19.7 Å². The third-order valence-corrected chi connectivity index (χ3v) is 3.94. The summed E-state index contributed by atoms with van der Waals surface area (Å²) in [6, 6.07) is 7.57. The van der Waals surface area contributed by atoms with Gasteiger partial charge in [-0.1, -0.05) is 51.2 Å². The summed E-state index contributed by atoms with van der Waals surface area (Å²) in [5.41, 5.74) is 0. The molecule has 5 heteroatoms. The van der Waals surface area contributed by atoms with Gasteiger partial charge >= 0.3 is 0 Å². The van der Waals surface area contributed by atoms with Crippen molar-refractivity contribution < 1.29 is 19.3 Å². The van der Waals surface area contributed by atoms with Gasteiger partial charge in [-0.2, -0.15) is 0 Å². The first kappa shape index (κ1) is 21.7. The Labute approximate surface area is 152 Å². The fraction of sp³-hybridized carbons (Fsp3) is 0.700. The third-order valence-electron chi connectivity index (χ3n) is 3.94. The van der Waals surface area contributed by atoms with Crippen molar-refractivity contribution in [3.63, 3.8) is 0 Å². The predicted molar refractivity (Wildman–Crippen MR) is 102 cm³/mol. The Morgan fingerprint density at radius 1 is 1.00 bits per heavy atom. The Hall–Kier alpha value is -1.30. The van der Waals surface area contributed by atoms with Crippen molar-refractivity contribution in [1.82, 2.24) is 5.32 Å². The number of rotatable bonds is 16. The van der Waals surface area contributed by atoms with Gasteiger partial charge in [0.25, 0.3) is 0 Å². The molecule has 0 heterocycles. The van der Waals surface area contributed by atoms with Crippen LogP contribution in [0.2, 0.25) is 0 Å². The third kappa shape index (κ3) is 11.0. The minimum atomic E-state index is -0.480. The number of hydrogen-bond acceptors (Lipinski definition) is 5. The van der Waals surface area contributed by atoms with E-state index in [4.69, 9.17) is 14.2 Å². The molecule has 0 aromatic heterocycles. The zero-order valence-corrected chi connectivity index (χ0v) is 15.8. The number of aliphatic hydroxyl groups excluding tert-OH is 1. The summed E-state index contributed by atoms with van der Waals surface area (Å²) in [6.07, 6.45) is 7.02. The second kappa shape index (κ2) is 15.0. The summed E-state index contributed by atoms with van der Waals surface area (Å²) in [6.45, 7) is 5.03. The van der Waals surface area contributed by atoms with E-state index in [1.54, 1.807) is 7.11 Å². The number of nitrogens with one attached hydrogen (secondary N) is 1. The highest BCUT2D eigenvalue weighted by Crippen LogP contribution is 2.25. The lowest BCUT2D eigenvalue weighted by molar-refractivity contribution is 0.0351. The van der Waals surface area contributed by atoms with Crippen LogP contribution in [0.4, 0.5) is 0 Å². The van der Waals surface area contributed by atoms with E-state index in [-0.39, 0.29) is 0 Å². The van der Waals surface area contributed by atoms with E-state index >= 15 is 0 Å². The van der Waals surface area contributed by atoms with Gasteiger partial charge in [0.2, 0.25) is 0 Å². The maximum atomic E-state index is 9.87. The van der Waals surface area contributed by atoms with Gasteiger partial charge in [-0.15, -0.1) is 0 Å². The number of unbranched alkanes of at least 4 members (excludes halogenated alkanes) is 5. The summed E-state index contributed by atoms with van der Waals surface area (Å²) >= 11 is 0. The largest absolute Gasteiger partial charge is 0.493 e. The van der Waals surface area contributed by atoms with Crippen molar-refractivity contribution >= 4 is 0 Å². The fourth-order valence-electron chi connectivity index (χ4n) is 2.50. The van der Waals surface area contributed by atoms with Crippen LogP contribution in [0.15, 0.2) is 24.3 Å². The molecule has 1 rings (SSSR count). The molecular weight excluding hydrogens is 318 g/mol. The van der Waals surface area contributed by atoms with Crippen LogP contribution in [-0.4, -0.2) is 51.2 Å². The Bertz CT molecular complexity index is 428. The van der Waals surface area contributed by atoms with E-state index < -0.39 is 6.10 Å². The highest BCUT2D eigenvalue weighted by atomic mass is 16.5. The lowest BCUT2D eigenvalue weighted by Crippen LogP contribution is -2.33. The second-order valence-electron chi connectivity index (χ2n) is 6.20. The second-order valence-corrected chi connectivity index (χ2v) is 6.20. The van der Waals surface area contributed by atoms with Crippen LogP contribution >= 0.6 is 0 Å². The average molecular weight is 354 g/mol. The average Bonchev–Trinajstić information content (AvgIpc) is 2.64. The first-order valence-electron chi connectivity index (χ1n) is 9.50. The molecule has 0 bridgehead atoms. The highest BCUT2D eigenvalue weighted by molar-refractivity contribution is 5.39. The first-order valence-corrected chi connectivity index (χ1v) is 9.50. The topological polar surface area (TPSA) is 60.0 Å². The fourth-order valence-corrected chi connectivity index (χ4v) is 2.50. The van der Waals surface area contributed by atoms with Crippen LogP contribution < -0.4 is 14.8 Å². The van der Waals surface area contributed by atoms with E-state index in [9.17, 15) is 5.11 Å². The van der Waals surface area contributed by atoms with Crippen molar-refractivity contribution in [2.45, 2.75) is 51.6 Å². The van der Waals surface area contributed by atoms with E-state index in [0.717, 1.165) is 24.5 Å². The van der Waals surface area contributed by atoms with Crippen LogP contribution in [-0.2, 0) is 4.74 Å². The Morgan fingerprint density at radius 3 is 2.48 bits per heavy atom. The summed E-state index contributed by atoms with van der Waals surface area (Å²) in [5, 5.41) is 13.0. The lowest BCUT2D eigenvalue weighted by Gasteiger charge is -2.13. The molecule has 2 N–H and O–H groups in total. The van der Waals surface area contributed by atoms with Gasteiger partial charge in [-0.05, 0) is 18.6 Å². The summed E-state index contributed by atoms with van der Waals surface area (Å²) < 4.78 is 16.4. The van der Waals surface area contributed by atoms with Crippen molar-refractivity contribution in [2.75, 3.05) is 40.0 Å². The van der Waals surface area contributed by atoms with Crippen LogP contribution in [0.5, 0.6) is 11.5 Å². The van der Waals surface area contributed by atoms with Crippen LogP contribution in [0.3, 0.4) is 0 Å². The zero-order chi connectivity index (χ0) is 18.2. The summed E-state index contributed by atoms with van der Waals surface area (Å²) in [7, 11) is 1.63. The molecule has 1 aromatic carbocycles. The quantitative estimate of drug-likeness (QED) is 0.446. The Balaban J connectivity index is 1.94. The number of hydrogen-bond donors (Lipinski definition) is 2. The molecule has 0 fully saturated rings. The molecule has 0 unspecified atom stereocenters. The number of para-hydroxylation sites is 2. The molecule has 25 heavy (non-hydrogen) atoms.